The van der Waals surface area contributed by atoms with E-state index in [9.17, 15) is 0 Å². The summed E-state index contributed by atoms with van der Waals surface area (Å²) in [4.78, 5) is 0. The van der Waals surface area contributed by atoms with Crippen LogP contribution in [0.2, 0.25) is 0 Å². The minimum absolute atomic E-state index is 0.551. The number of aryl methyl sites for hydroxylation is 2. The fourth-order valence-electron chi connectivity index (χ4n) is 6.82. The van der Waals surface area contributed by atoms with Crippen molar-refractivity contribution in [2.45, 2.75) is 53.4 Å². The lowest BCUT2D eigenvalue weighted by Crippen LogP contribution is -2.12. The van der Waals surface area contributed by atoms with Crippen molar-refractivity contribution >= 4 is 23.3 Å². The molecular formula is C51H52O2. The Balaban J connectivity index is 1.32. The van der Waals surface area contributed by atoms with Crippen LogP contribution in [0.5, 0.6) is 11.5 Å². The fraction of sp³-hybridized carbons (Fsp3) is 0.216. The van der Waals surface area contributed by atoms with Crippen LogP contribution in [0.25, 0.3) is 34.4 Å². The summed E-state index contributed by atoms with van der Waals surface area (Å²) in [5.74, 6) is 2.33. The van der Waals surface area contributed by atoms with Crippen LogP contribution in [0.4, 0.5) is 0 Å². The molecular weight excluding hydrogens is 645 g/mol. The summed E-state index contributed by atoms with van der Waals surface area (Å²) in [5.41, 5.74) is 13.9. The van der Waals surface area contributed by atoms with Crippen molar-refractivity contribution in [2.75, 3.05) is 13.7 Å². The van der Waals surface area contributed by atoms with Crippen LogP contribution >= 0.6 is 0 Å². The Morgan fingerprint density at radius 2 is 1.09 bits per heavy atom. The standard InChI is InChI=1S/C51H52O2/c1-6-8-15-39(7-2)36-53-51-32-38(4)50(52-5)35-49(51)46-30-28-45(29-31-46)48(43-18-13-10-14-19-43)34-41-24-22-40(23-25-41)33-47(42-16-11-9-12-17-42)44-26-20-37(3)21-27-44/h9-14,16-35,39H,6-8,15,36H2,1-5H3. The Morgan fingerprint density at radius 1 is 0.585 bits per heavy atom. The lowest BCUT2D eigenvalue weighted by Gasteiger charge is -2.19. The van der Waals surface area contributed by atoms with Gasteiger partial charge in [-0.2, -0.15) is 0 Å². The minimum atomic E-state index is 0.551. The molecule has 2 nitrogen and oxygen atoms in total. The molecule has 0 heterocycles. The highest BCUT2D eigenvalue weighted by Gasteiger charge is 2.15. The van der Waals surface area contributed by atoms with Crippen LogP contribution in [0.1, 0.15) is 84.0 Å². The second kappa shape index (κ2) is 18.2. The van der Waals surface area contributed by atoms with Gasteiger partial charge in [-0.3, -0.25) is 0 Å². The number of hydrogen-bond donors (Lipinski definition) is 0. The van der Waals surface area contributed by atoms with Gasteiger partial charge >= 0.3 is 0 Å². The van der Waals surface area contributed by atoms with E-state index >= 15 is 0 Å². The molecule has 0 aliphatic rings. The molecule has 6 aromatic rings. The normalized spacial score (nSPS) is 12.4. The second-order valence-electron chi connectivity index (χ2n) is 14.0. The highest BCUT2D eigenvalue weighted by atomic mass is 16.5. The molecule has 0 aliphatic carbocycles. The average Bonchev–Trinajstić information content (AvgIpc) is 3.21. The molecule has 0 bridgehead atoms. The first-order chi connectivity index (χ1) is 25.9. The van der Waals surface area contributed by atoms with Gasteiger partial charge in [0.25, 0.3) is 0 Å². The maximum Gasteiger partial charge on any atom is 0.127 e. The summed E-state index contributed by atoms with van der Waals surface area (Å²) in [5, 5.41) is 0. The molecule has 0 amide bonds. The third-order valence-corrected chi connectivity index (χ3v) is 10.1. The van der Waals surface area contributed by atoms with Crippen molar-refractivity contribution in [1.82, 2.24) is 0 Å². The van der Waals surface area contributed by atoms with Crippen LogP contribution in [0.15, 0.2) is 146 Å². The number of hydrogen-bond acceptors (Lipinski definition) is 2. The fourth-order valence-corrected chi connectivity index (χ4v) is 6.82. The molecule has 6 rings (SSSR count). The van der Waals surface area contributed by atoms with Crippen molar-refractivity contribution in [1.29, 1.82) is 0 Å². The van der Waals surface area contributed by atoms with Gasteiger partial charge in [0.15, 0.2) is 0 Å². The molecule has 53 heavy (non-hydrogen) atoms. The number of ether oxygens (including phenoxy) is 2. The maximum absolute atomic E-state index is 6.57. The van der Waals surface area contributed by atoms with Gasteiger partial charge in [0.2, 0.25) is 0 Å². The van der Waals surface area contributed by atoms with E-state index in [4.69, 9.17) is 9.47 Å². The van der Waals surface area contributed by atoms with Gasteiger partial charge in [-0.1, -0.05) is 172 Å². The third kappa shape index (κ3) is 9.64. The molecule has 0 N–H and O–H groups in total. The lowest BCUT2D eigenvalue weighted by molar-refractivity contribution is 0.234. The molecule has 0 spiro atoms. The van der Waals surface area contributed by atoms with Gasteiger partial charge in [0.1, 0.15) is 11.5 Å². The summed E-state index contributed by atoms with van der Waals surface area (Å²) < 4.78 is 12.3. The van der Waals surface area contributed by atoms with Crippen LogP contribution in [-0.4, -0.2) is 13.7 Å². The Labute approximate surface area is 317 Å². The van der Waals surface area contributed by atoms with E-state index in [0.717, 1.165) is 57.9 Å². The zero-order valence-electron chi connectivity index (χ0n) is 31.9. The zero-order chi connectivity index (χ0) is 37.0. The monoisotopic (exact) mass is 696 g/mol. The van der Waals surface area contributed by atoms with Gasteiger partial charge in [0, 0.05) is 5.56 Å². The lowest BCUT2D eigenvalue weighted by atomic mass is 9.93. The number of benzene rings is 6. The molecule has 0 saturated heterocycles. The molecule has 0 aliphatic heterocycles. The summed E-state index contributed by atoms with van der Waals surface area (Å²) in [6, 6.07) is 52.1. The Bertz CT molecular complexity index is 2110. The van der Waals surface area contributed by atoms with Gasteiger partial charge in [-0.25, -0.2) is 0 Å². The van der Waals surface area contributed by atoms with Crippen LogP contribution < -0.4 is 9.47 Å². The van der Waals surface area contributed by atoms with E-state index in [0.29, 0.717) is 5.92 Å². The molecule has 268 valence electrons. The Morgan fingerprint density at radius 3 is 1.58 bits per heavy atom. The predicted octanol–water partition coefficient (Wildman–Crippen LogP) is 13.8. The molecule has 6 aromatic carbocycles. The summed E-state index contributed by atoms with van der Waals surface area (Å²) in [6.45, 7) is 9.45. The first-order valence-corrected chi connectivity index (χ1v) is 19.1. The molecule has 1 unspecified atom stereocenters. The Kier molecular flexibility index (Phi) is 12.8. The van der Waals surface area contributed by atoms with Crippen LogP contribution in [0.3, 0.4) is 0 Å². The third-order valence-electron chi connectivity index (χ3n) is 10.1. The van der Waals surface area contributed by atoms with Gasteiger partial charge < -0.3 is 9.47 Å². The quantitative estimate of drug-likeness (QED) is 0.0995. The average molecular weight is 697 g/mol. The summed E-state index contributed by atoms with van der Waals surface area (Å²) >= 11 is 0. The topological polar surface area (TPSA) is 18.5 Å². The second-order valence-corrected chi connectivity index (χ2v) is 14.0. The molecule has 0 aromatic heterocycles. The maximum atomic E-state index is 6.57. The first-order valence-electron chi connectivity index (χ1n) is 19.1. The minimum Gasteiger partial charge on any atom is -0.496 e. The molecule has 0 radical (unpaired) electrons. The molecule has 0 fully saturated rings. The van der Waals surface area contributed by atoms with Crippen molar-refractivity contribution in [2.24, 2.45) is 5.92 Å². The van der Waals surface area contributed by atoms with E-state index in [1.807, 2.05) is 0 Å². The zero-order valence-corrected chi connectivity index (χ0v) is 31.9. The highest BCUT2D eigenvalue weighted by molar-refractivity contribution is 5.93. The largest absolute Gasteiger partial charge is 0.496 e. The van der Waals surface area contributed by atoms with Crippen LogP contribution in [-0.2, 0) is 0 Å². The number of methoxy groups -OCH3 is 1. The predicted molar refractivity (Wildman–Crippen MR) is 226 cm³/mol. The van der Waals surface area contributed by atoms with Crippen molar-refractivity contribution < 1.29 is 9.47 Å². The number of rotatable bonds is 15. The van der Waals surface area contributed by atoms with Crippen LogP contribution in [0, 0.1) is 19.8 Å². The highest BCUT2D eigenvalue weighted by Crippen LogP contribution is 2.38. The van der Waals surface area contributed by atoms with Gasteiger partial charge in [0.05, 0.1) is 13.7 Å². The van der Waals surface area contributed by atoms with Crippen molar-refractivity contribution in [3.63, 3.8) is 0 Å². The molecule has 0 saturated carbocycles. The summed E-state index contributed by atoms with van der Waals surface area (Å²) in [7, 11) is 1.74. The van der Waals surface area contributed by atoms with Gasteiger partial charge in [-0.05, 0) is 106 Å². The van der Waals surface area contributed by atoms with Crippen molar-refractivity contribution in [3.05, 3.63) is 190 Å². The van der Waals surface area contributed by atoms with E-state index in [1.54, 1.807) is 7.11 Å². The Hall–Kier alpha value is -5.60. The SMILES string of the molecule is CCCCC(CC)COc1cc(C)c(OC)cc1-c1ccc(C(=Cc2ccc(C=C(c3ccccc3)c3ccc(C)cc3)cc2)c2ccccc2)cc1. The first kappa shape index (κ1) is 37.2. The van der Waals surface area contributed by atoms with Gasteiger partial charge in [-0.15, -0.1) is 0 Å². The molecule has 2 heteroatoms. The van der Waals surface area contributed by atoms with E-state index < -0.39 is 0 Å². The van der Waals surface area contributed by atoms with E-state index in [-0.39, 0.29) is 0 Å². The molecule has 1 atom stereocenters. The smallest absolute Gasteiger partial charge is 0.127 e. The van der Waals surface area contributed by atoms with E-state index in [2.05, 4.69) is 185 Å². The van der Waals surface area contributed by atoms with E-state index in [1.165, 1.54) is 52.7 Å². The number of unbranched alkanes of at least 4 members (excludes halogenated alkanes) is 1. The van der Waals surface area contributed by atoms with Crippen molar-refractivity contribution in [3.8, 4) is 22.6 Å². The summed E-state index contributed by atoms with van der Waals surface area (Å²) in [6.07, 6.45) is 9.34.